The number of carbonyl (C=O) groups is 1. The van der Waals surface area contributed by atoms with Crippen LogP contribution < -0.4 is 0 Å². The van der Waals surface area contributed by atoms with E-state index in [9.17, 15) is 4.79 Å². The Hall–Kier alpha value is -0.870. The van der Waals surface area contributed by atoms with Crippen LogP contribution in [-0.2, 0) is 4.79 Å². The number of halogens is 1. The number of carboxylic acids is 1. The first-order valence-electron chi connectivity index (χ1n) is 4.58. The first-order chi connectivity index (χ1) is 6.93. The van der Waals surface area contributed by atoms with Crippen LogP contribution in [0.1, 0.15) is 17.2 Å². The van der Waals surface area contributed by atoms with Crippen molar-refractivity contribution < 1.29 is 9.90 Å². The van der Waals surface area contributed by atoms with Crippen molar-refractivity contribution in [2.45, 2.75) is 13.0 Å². The monoisotopic (exact) mass is 271 g/mol. The van der Waals surface area contributed by atoms with Crippen molar-refractivity contribution in [1.29, 1.82) is 0 Å². The Morgan fingerprint density at radius 1 is 1.47 bits per heavy atom. The average Bonchev–Trinajstić information content (AvgIpc) is 2.08. The summed E-state index contributed by atoms with van der Waals surface area (Å²) in [5.74, 6) is -0.843. The normalized spacial score (nSPS) is 12.9. The van der Waals surface area contributed by atoms with Crippen LogP contribution in [0, 0.1) is 6.92 Å². The molecule has 0 aliphatic rings. The van der Waals surface area contributed by atoms with Gasteiger partial charge < -0.3 is 5.11 Å². The maximum atomic E-state index is 11.1. The van der Waals surface area contributed by atoms with E-state index < -0.39 is 12.0 Å². The minimum absolute atomic E-state index is 0.611. The van der Waals surface area contributed by atoms with Crippen LogP contribution in [0.4, 0.5) is 0 Å². The summed E-state index contributed by atoms with van der Waals surface area (Å²) in [6, 6.07) is 5.08. The molecule has 1 unspecified atom stereocenters. The second-order valence-corrected chi connectivity index (χ2v) is 4.58. The molecule has 15 heavy (non-hydrogen) atoms. The lowest BCUT2D eigenvalue weighted by Gasteiger charge is -2.21. The van der Waals surface area contributed by atoms with Crippen molar-refractivity contribution >= 4 is 21.9 Å². The molecule has 0 heterocycles. The van der Waals surface area contributed by atoms with Gasteiger partial charge >= 0.3 is 5.97 Å². The third kappa shape index (κ3) is 2.79. The molecule has 0 bridgehead atoms. The van der Waals surface area contributed by atoms with Crippen LogP contribution in [0.25, 0.3) is 0 Å². The number of hydrogen-bond donors (Lipinski definition) is 1. The highest BCUT2D eigenvalue weighted by molar-refractivity contribution is 9.10. The zero-order valence-electron chi connectivity index (χ0n) is 8.99. The lowest BCUT2D eigenvalue weighted by molar-refractivity contribution is -0.142. The molecule has 1 N–H and O–H groups in total. The van der Waals surface area contributed by atoms with Crippen LogP contribution >= 0.6 is 15.9 Å². The van der Waals surface area contributed by atoms with Crippen molar-refractivity contribution in [2.75, 3.05) is 14.1 Å². The second-order valence-electron chi connectivity index (χ2n) is 3.73. The topological polar surface area (TPSA) is 40.5 Å². The Morgan fingerprint density at radius 2 is 2.07 bits per heavy atom. The molecule has 1 atom stereocenters. The Labute approximate surface area is 97.8 Å². The molecule has 0 radical (unpaired) electrons. The molecule has 1 rings (SSSR count). The standard InChI is InChI=1S/C11H14BrNO2/c1-7-4-5-8(9(12)6-7)10(11(14)15)13(2)3/h4-6,10H,1-3H3,(H,14,15). The largest absolute Gasteiger partial charge is 0.480 e. The summed E-state index contributed by atoms with van der Waals surface area (Å²) in [5.41, 5.74) is 1.88. The summed E-state index contributed by atoms with van der Waals surface area (Å²) in [4.78, 5) is 12.8. The molecule has 3 nitrogen and oxygen atoms in total. The van der Waals surface area contributed by atoms with Gasteiger partial charge in [0.15, 0.2) is 0 Å². The van der Waals surface area contributed by atoms with Crippen LogP contribution in [-0.4, -0.2) is 30.1 Å². The molecule has 4 heteroatoms. The van der Waals surface area contributed by atoms with E-state index in [-0.39, 0.29) is 0 Å². The molecule has 0 saturated carbocycles. The average molecular weight is 272 g/mol. The van der Waals surface area contributed by atoms with Gasteiger partial charge in [-0.25, -0.2) is 0 Å². The predicted molar refractivity (Wildman–Crippen MR) is 62.9 cm³/mol. The first kappa shape index (κ1) is 12.2. The zero-order chi connectivity index (χ0) is 11.6. The van der Waals surface area contributed by atoms with Crippen LogP contribution in [0.2, 0.25) is 0 Å². The van der Waals surface area contributed by atoms with E-state index in [1.54, 1.807) is 19.0 Å². The highest BCUT2D eigenvalue weighted by Crippen LogP contribution is 2.27. The fourth-order valence-electron chi connectivity index (χ4n) is 1.49. The van der Waals surface area contributed by atoms with Crippen LogP contribution in [0.3, 0.4) is 0 Å². The highest BCUT2D eigenvalue weighted by atomic mass is 79.9. The molecule has 0 saturated heterocycles. The molecule has 0 aliphatic carbocycles. The van der Waals surface area contributed by atoms with Gasteiger partial charge in [-0.1, -0.05) is 28.1 Å². The van der Waals surface area contributed by atoms with E-state index in [0.717, 1.165) is 15.6 Å². The number of hydrogen-bond acceptors (Lipinski definition) is 2. The third-order valence-corrected chi connectivity index (χ3v) is 2.89. The first-order valence-corrected chi connectivity index (χ1v) is 5.38. The molecular formula is C11H14BrNO2. The summed E-state index contributed by atoms with van der Waals surface area (Å²) in [6.07, 6.45) is 0. The maximum Gasteiger partial charge on any atom is 0.325 e. The van der Waals surface area contributed by atoms with Gasteiger partial charge in [0.1, 0.15) is 6.04 Å². The smallest absolute Gasteiger partial charge is 0.325 e. The maximum absolute atomic E-state index is 11.1. The fourth-order valence-corrected chi connectivity index (χ4v) is 2.20. The number of aliphatic carboxylic acids is 1. The van der Waals surface area contributed by atoms with Gasteiger partial charge in [-0.15, -0.1) is 0 Å². The lowest BCUT2D eigenvalue weighted by Crippen LogP contribution is -2.27. The number of carboxylic acid groups (broad SMARTS) is 1. The van der Waals surface area contributed by atoms with Gasteiger partial charge in [0.05, 0.1) is 0 Å². The van der Waals surface area contributed by atoms with Gasteiger partial charge in [-0.2, -0.15) is 0 Å². The predicted octanol–water partition coefficient (Wildman–Crippen LogP) is 2.44. The van der Waals surface area contributed by atoms with Crippen molar-refractivity contribution in [3.8, 4) is 0 Å². The summed E-state index contributed by atoms with van der Waals surface area (Å²) in [7, 11) is 3.51. The summed E-state index contributed by atoms with van der Waals surface area (Å²) in [5, 5.41) is 9.13. The summed E-state index contributed by atoms with van der Waals surface area (Å²) in [6.45, 7) is 1.97. The van der Waals surface area contributed by atoms with E-state index in [0.29, 0.717) is 0 Å². The van der Waals surface area contributed by atoms with Crippen molar-refractivity contribution in [3.63, 3.8) is 0 Å². The summed E-state index contributed by atoms with van der Waals surface area (Å²) >= 11 is 3.39. The molecule has 82 valence electrons. The van der Waals surface area contributed by atoms with Gasteiger partial charge in [0.25, 0.3) is 0 Å². The Morgan fingerprint density at radius 3 is 2.47 bits per heavy atom. The van der Waals surface area contributed by atoms with E-state index in [1.807, 2.05) is 25.1 Å². The molecule has 1 aromatic rings. The number of benzene rings is 1. The number of likely N-dealkylation sites (N-methyl/N-ethyl adjacent to an activating group) is 1. The van der Waals surface area contributed by atoms with E-state index in [4.69, 9.17) is 5.11 Å². The van der Waals surface area contributed by atoms with Crippen molar-refractivity contribution in [2.24, 2.45) is 0 Å². The Balaban J connectivity index is 3.17. The van der Waals surface area contributed by atoms with Crippen LogP contribution in [0.5, 0.6) is 0 Å². The molecule has 0 fully saturated rings. The second kappa shape index (κ2) is 4.77. The molecule has 0 aromatic heterocycles. The van der Waals surface area contributed by atoms with Crippen molar-refractivity contribution in [1.82, 2.24) is 4.90 Å². The van der Waals surface area contributed by atoms with E-state index >= 15 is 0 Å². The van der Waals surface area contributed by atoms with E-state index in [2.05, 4.69) is 15.9 Å². The Kier molecular flexibility index (Phi) is 3.88. The lowest BCUT2D eigenvalue weighted by atomic mass is 10.0. The molecule has 1 aromatic carbocycles. The molecule has 0 amide bonds. The van der Waals surface area contributed by atoms with Crippen LogP contribution in [0.15, 0.2) is 22.7 Å². The van der Waals surface area contributed by atoms with Gasteiger partial charge in [-0.3, -0.25) is 9.69 Å². The third-order valence-electron chi connectivity index (χ3n) is 2.20. The van der Waals surface area contributed by atoms with Gasteiger partial charge in [0, 0.05) is 4.47 Å². The molecule has 0 spiro atoms. The molecule has 0 aliphatic heterocycles. The number of nitrogens with zero attached hydrogens (tertiary/aromatic N) is 1. The van der Waals surface area contributed by atoms with E-state index in [1.165, 1.54) is 0 Å². The van der Waals surface area contributed by atoms with Gasteiger partial charge in [0.2, 0.25) is 0 Å². The SMILES string of the molecule is Cc1ccc(C(C(=O)O)N(C)C)c(Br)c1. The fraction of sp³-hybridized carbons (Fsp3) is 0.364. The summed E-state index contributed by atoms with van der Waals surface area (Å²) < 4.78 is 0.837. The van der Waals surface area contributed by atoms with Gasteiger partial charge in [-0.05, 0) is 38.2 Å². The zero-order valence-corrected chi connectivity index (χ0v) is 10.6. The van der Waals surface area contributed by atoms with Crippen molar-refractivity contribution in [3.05, 3.63) is 33.8 Å². The minimum Gasteiger partial charge on any atom is -0.480 e. The minimum atomic E-state index is -0.843. The highest BCUT2D eigenvalue weighted by Gasteiger charge is 2.23. The molecular weight excluding hydrogens is 258 g/mol. The Bertz CT molecular complexity index is 377. The quantitative estimate of drug-likeness (QED) is 0.918. The number of rotatable bonds is 3. The number of aryl methyl sites for hydroxylation is 1.